The summed E-state index contributed by atoms with van der Waals surface area (Å²) in [6, 6.07) is 2.46. The van der Waals surface area contributed by atoms with Gasteiger partial charge < -0.3 is 14.8 Å². The van der Waals surface area contributed by atoms with Crippen molar-refractivity contribution in [1.82, 2.24) is 19.7 Å². The molecule has 1 amide bonds. The van der Waals surface area contributed by atoms with Gasteiger partial charge in [-0.25, -0.2) is 0 Å². The van der Waals surface area contributed by atoms with Crippen LogP contribution in [0.25, 0.3) is 10.1 Å². The number of nitrogens with zero attached hydrogens (tertiary/aromatic N) is 3. The fourth-order valence-electron chi connectivity index (χ4n) is 3.11. The van der Waals surface area contributed by atoms with Crippen molar-refractivity contribution in [3.05, 3.63) is 23.3 Å². The van der Waals surface area contributed by atoms with Crippen LogP contribution in [0, 0.1) is 0 Å². The van der Waals surface area contributed by atoms with Crippen molar-refractivity contribution in [2.75, 3.05) is 45.8 Å². The van der Waals surface area contributed by atoms with Gasteiger partial charge in [0, 0.05) is 63.1 Å². The van der Waals surface area contributed by atoms with Crippen molar-refractivity contribution in [2.45, 2.75) is 26.8 Å². The van der Waals surface area contributed by atoms with Crippen molar-refractivity contribution in [1.29, 1.82) is 0 Å². The molecule has 0 aromatic carbocycles. The molecule has 0 aliphatic carbocycles. The van der Waals surface area contributed by atoms with Gasteiger partial charge in [0.1, 0.15) is 0 Å². The second-order valence-electron chi connectivity index (χ2n) is 6.76. The molecule has 1 aliphatic heterocycles. The van der Waals surface area contributed by atoms with Crippen molar-refractivity contribution in [3.8, 4) is 0 Å². The third-order valence-electron chi connectivity index (χ3n) is 4.79. The number of carbonyl (C=O) groups is 1. The summed E-state index contributed by atoms with van der Waals surface area (Å²) >= 11 is 1.58. The molecule has 3 heterocycles. The highest BCUT2D eigenvalue weighted by Crippen LogP contribution is 2.27. The number of nitrogens with one attached hydrogen (secondary N) is 1. The van der Waals surface area contributed by atoms with E-state index >= 15 is 0 Å². The fourth-order valence-corrected chi connectivity index (χ4v) is 4.10. The van der Waals surface area contributed by atoms with Crippen molar-refractivity contribution in [3.63, 3.8) is 0 Å². The molecule has 132 valence electrons. The van der Waals surface area contributed by atoms with Gasteiger partial charge in [-0.15, -0.1) is 11.3 Å². The van der Waals surface area contributed by atoms with Gasteiger partial charge in [-0.2, -0.15) is 0 Å². The van der Waals surface area contributed by atoms with E-state index in [-0.39, 0.29) is 5.91 Å². The number of thiophene rings is 1. The van der Waals surface area contributed by atoms with Crippen LogP contribution < -0.4 is 5.32 Å². The van der Waals surface area contributed by atoms with E-state index in [0.717, 1.165) is 56.1 Å². The molecule has 1 N–H and O–H groups in total. The Morgan fingerprint density at radius 2 is 1.92 bits per heavy atom. The van der Waals surface area contributed by atoms with Crippen LogP contribution in [-0.2, 0) is 0 Å². The fraction of sp³-hybridized carbons (Fsp3) is 0.611. The Balaban J connectivity index is 1.47. The molecular weight excluding hydrogens is 320 g/mol. The average Bonchev–Trinajstić information content (AvgIpc) is 3.14. The first-order chi connectivity index (χ1) is 11.6. The van der Waals surface area contributed by atoms with Crippen LogP contribution >= 0.6 is 11.3 Å². The van der Waals surface area contributed by atoms with Crippen LogP contribution in [0.5, 0.6) is 0 Å². The summed E-state index contributed by atoms with van der Waals surface area (Å²) in [5, 5.41) is 4.23. The monoisotopic (exact) mass is 348 g/mol. The molecule has 1 fully saturated rings. The molecule has 0 bridgehead atoms. The predicted octanol–water partition coefficient (Wildman–Crippen LogP) is 2.65. The molecule has 1 saturated heterocycles. The highest BCUT2D eigenvalue weighted by Gasteiger charge is 2.16. The zero-order valence-electron chi connectivity index (χ0n) is 14.9. The number of amides is 1. The van der Waals surface area contributed by atoms with E-state index in [2.05, 4.69) is 52.8 Å². The molecule has 3 rings (SSSR count). The largest absolute Gasteiger partial charge is 0.350 e. The second-order valence-corrected chi connectivity index (χ2v) is 7.84. The normalized spacial score (nSPS) is 17.0. The number of piperazine rings is 1. The number of rotatable bonds is 6. The van der Waals surface area contributed by atoms with Crippen molar-refractivity contribution in [2.24, 2.45) is 0 Å². The van der Waals surface area contributed by atoms with Crippen LogP contribution in [-0.4, -0.2) is 66.1 Å². The quantitative estimate of drug-likeness (QED) is 0.872. The summed E-state index contributed by atoms with van der Waals surface area (Å²) in [6.45, 7) is 13.8. The van der Waals surface area contributed by atoms with Gasteiger partial charge in [0.25, 0.3) is 5.91 Å². The van der Waals surface area contributed by atoms with Gasteiger partial charge in [-0.05, 0) is 26.5 Å². The van der Waals surface area contributed by atoms with E-state index < -0.39 is 0 Å². The van der Waals surface area contributed by atoms with E-state index in [0.29, 0.717) is 6.04 Å². The van der Waals surface area contributed by atoms with Crippen molar-refractivity contribution < 1.29 is 4.79 Å². The van der Waals surface area contributed by atoms with Crippen LogP contribution in [0.3, 0.4) is 0 Å². The molecule has 0 spiro atoms. The van der Waals surface area contributed by atoms with Crippen molar-refractivity contribution >= 4 is 27.3 Å². The summed E-state index contributed by atoms with van der Waals surface area (Å²) in [5.41, 5.74) is 0. The Morgan fingerprint density at radius 1 is 1.21 bits per heavy atom. The van der Waals surface area contributed by atoms with E-state index in [1.165, 1.54) is 4.70 Å². The summed E-state index contributed by atoms with van der Waals surface area (Å²) in [6.07, 6.45) is 4.26. The smallest absolute Gasteiger partial charge is 0.261 e. The molecule has 0 saturated carbocycles. The maximum absolute atomic E-state index is 12.3. The molecular formula is C18H28N4OS. The number of fused-ring (bicyclic) bond motifs is 1. The lowest BCUT2D eigenvalue weighted by Gasteiger charge is -2.33. The lowest BCUT2D eigenvalue weighted by molar-refractivity contribution is 0.0942. The Hall–Kier alpha value is -1.37. The third kappa shape index (κ3) is 3.99. The topological polar surface area (TPSA) is 40.5 Å². The number of hydrogen-bond acceptors (Lipinski definition) is 4. The van der Waals surface area contributed by atoms with Gasteiger partial charge in [0.05, 0.1) is 9.58 Å². The van der Waals surface area contributed by atoms with Gasteiger partial charge >= 0.3 is 0 Å². The number of hydrogen-bond donors (Lipinski definition) is 1. The lowest BCUT2D eigenvalue weighted by Crippen LogP contribution is -2.48. The van der Waals surface area contributed by atoms with E-state index in [4.69, 9.17) is 0 Å². The van der Waals surface area contributed by atoms with Gasteiger partial charge in [0.2, 0.25) is 0 Å². The van der Waals surface area contributed by atoms with Crippen LogP contribution in [0.2, 0.25) is 0 Å². The third-order valence-corrected chi connectivity index (χ3v) is 5.88. The molecule has 24 heavy (non-hydrogen) atoms. The Labute approximate surface area is 148 Å². The molecule has 6 heteroatoms. The molecule has 2 aromatic rings. The van der Waals surface area contributed by atoms with E-state index in [9.17, 15) is 4.79 Å². The van der Waals surface area contributed by atoms with Crippen LogP contribution in [0.4, 0.5) is 0 Å². The Bertz CT molecular complexity index is 651. The molecule has 5 nitrogen and oxygen atoms in total. The highest BCUT2D eigenvalue weighted by molar-refractivity contribution is 7.20. The first kappa shape index (κ1) is 17.5. The Morgan fingerprint density at radius 3 is 2.54 bits per heavy atom. The molecule has 0 atom stereocenters. The highest BCUT2D eigenvalue weighted by atomic mass is 32.1. The van der Waals surface area contributed by atoms with Crippen LogP contribution in [0.15, 0.2) is 18.5 Å². The van der Waals surface area contributed by atoms with Gasteiger partial charge in [-0.3, -0.25) is 9.69 Å². The molecule has 0 unspecified atom stereocenters. The lowest BCUT2D eigenvalue weighted by atomic mass is 10.3. The number of carbonyl (C=O) groups excluding carboxylic acids is 1. The summed E-state index contributed by atoms with van der Waals surface area (Å²) in [7, 11) is 0. The second kappa shape index (κ2) is 7.68. The first-order valence-corrected chi connectivity index (χ1v) is 9.72. The summed E-state index contributed by atoms with van der Waals surface area (Å²) < 4.78 is 3.38. The van der Waals surface area contributed by atoms with Crippen LogP contribution in [0.1, 0.15) is 36.5 Å². The van der Waals surface area contributed by atoms with Gasteiger partial charge in [-0.1, -0.05) is 6.92 Å². The first-order valence-electron chi connectivity index (χ1n) is 8.90. The van der Waals surface area contributed by atoms with Gasteiger partial charge in [0.15, 0.2) is 0 Å². The standard InChI is InChI=1S/C18H28N4OS/c1-4-20-7-9-21(10-8-20)6-5-19-18(23)16-11-15-12-22(14(2)3)13-17(15)24-16/h11-14H,4-10H2,1-3H3,(H,19,23). The molecule has 0 radical (unpaired) electrons. The maximum Gasteiger partial charge on any atom is 0.261 e. The Kier molecular flexibility index (Phi) is 5.58. The van der Waals surface area contributed by atoms with E-state index in [1.807, 2.05) is 6.07 Å². The minimum Gasteiger partial charge on any atom is -0.350 e. The zero-order chi connectivity index (χ0) is 17.1. The SMILES string of the molecule is CCN1CCN(CCNC(=O)c2cc3cn(C(C)C)cc3s2)CC1. The maximum atomic E-state index is 12.3. The number of aromatic nitrogens is 1. The predicted molar refractivity (Wildman–Crippen MR) is 101 cm³/mol. The van der Waals surface area contributed by atoms with E-state index in [1.54, 1.807) is 11.3 Å². The zero-order valence-corrected chi connectivity index (χ0v) is 15.7. The average molecular weight is 349 g/mol. The molecule has 2 aromatic heterocycles. The summed E-state index contributed by atoms with van der Waals surface area (Å²) in [4.78, 5) is 18.1. The molecule has 1 aliphatic rings. The minimum atomic E-state index is 0.0551. The minimum absolute atomic E-state index is 0.0551. The number of likely N-dealkylation sites (N-methyl/N-ethyl adjacent to an activating group) is 1. The summed E-state index contributed by atoms with van der Waals surface area (Å²) in [5.74, 6) is 0.0551.